The molecule has 1 N–H and O–H groups in total. The third-order valence-electron chi connectivity index (χ3n) is 5.15. The van der Waals surface area contributed by atoms with Gasteiger partial charge in [0, 0.05) is 30.6 Å². The molecule has 0 saturated heterocycles. The van der Waals surface area contributed by atoms with E-state index in [0.717, 1.165) is 11.1 Å². The predicted molar refractivity (Wildman–Crippen MR) is 114 cm³/mol. The summed E-state index contributed by atoms with van der Waals surface area (Å²) in [5.74, 6) is 4.69. The lowest BCUT2D eigenvalue weighted by molar-refractivity contribution is 0.111. The molecule has 6 heteroatoms. The first-order valence-electron chi connectivity index (χ1n) is 9.86. The van der Waals surface area contributed by atoms with Crippen LogP contribution in [-0.4, -0.2) is 30.5 Å². The van der Waals surface area contributed by atoms with Crippen LogP contribution in [0.4, 0.5) is 9.18 Å². The van der Waals surface area contributed by atoms with Gasteiger partial charge in [-0.15, -0.1) is 0 Å². The summed E-state index contributed by atoms with van der Waals surface area (Å²) in [5.41, 5.74) is 4.74. The van der Waals surface area contributed by atoms with Crippen molar-refractivity contribution in [2.75, 3.05) is 13.2 Å². The molecule has 5 nitrogen and oxygen atoms in total. The van der Waals surface area contributed by atoms with Gasteiger partial charge in [-0.25, -0.2) is 9.78 Å². The van der Waals surface area contributed by atoms with E-state index in [0.29, 0.717) is 12.7 Å². The Morgan fingerprint density at radius 2 is 1.77 bits per heavy atom. The van der Waals surface area contributed by atoms with E-state index in [-0.39, 0.29) is 30.2 Å². The van der Waals surface area contributed by atoms with Crippen LogP contribution in [0.15, 0.2) is 60.8 Å². The van der Waals surface area contributed by atoms with Gasteiger partial charge in [0.1, 0.15) is 6.61 Å². The van der Waals surface area contributed by atoms with Gasteiger partial charge in [-0.2, -0.15) is 4.39 Å². The Morgan fingerprint density at radius 3 is 2.45 bits per heavy atom. The van der Waals surface area contributed by atoms with Crippen molar-refractivity contribution >= 4 is 12.4 Å². The topological polar surface area (TPSA) is 68.3 Å². The Bertz CT molecular complexity index is 1150. The van der Waals surface area contributed by atoms with Crippen molar-refractivity contribution in [1.82, 2.24) is 10.3 Å². The Labute approximate surface area is 179 Å². The van der Waals surface area contributed by atoms with Crippen LogP contribution in [0.5, 0.6) is 0 Å². The molecule has 4 rings (SSSR count). The number of ether oxygens (including phenoxy) is 1. The highest BCUT2D eigenvalue weighted by atomic mass is 19.1. The Balaban J connectivity index is 1.30. The number of pyridine rings is 1. The van der Waals surface area contributed by atoms with E-state index in [1.54, 1.807) is 0 Å². The number of carbonyl (C=O) groups is 2. The van der Waals surface area contributed by atoms with Gasteiger partial charge in [-0.05, 0) is 28.3 Å². The van der Waals surface area contributed by atoms with Gasteiger partial charge in [-0.3, -0.25) is 4.79 Å². The van der Waals surface area contributed by atoms with E-state index in [4.69, 9.17) is 4.74 Å². The molecule has 3 aromatic rings. The fourth-order valence-corrected chi connectivity index (χ4v) is 3.70. The molecule has 1 aromatic heterocycles. The number of halogens is 1. The maximum Gasteiger partial charge on any atom is 0.407 e. The Hall–Kier alpha value is -3.98. The minimum atomic E-state index is -0.849. The second-order valence-electron chi connectivity index (χ2n) is 6.98. The van der Waals surface area contributed by atoms with Crippen LogP contribution in [0.1, 0.15) is 39.4 Å². The molecule has 0 aliphatic heterocycles. The molecule has 1 amide bonds. The van der Waals surface area contributed by atoms with Crippen LogP contribution in [0.3, 0.4) is 0 Å². The fraction of sp³-hybridized carbons (Fsp3) is 0.160. The highest BCUT2D eigenvalue weighted by molar-refractivity contribution is 5.79. The number of aromatic nitrogens is 1. The van der Waals surface area contributed by atoms with Crippen molar-refractivity contribution in [2.24, 2.45) is 0 Å². The summed E-state index contributed by atoms with van der Waals surface area (Å²) in [7, 11) is 0. The van der Waals surface area contributed by atoms with Gasteiger partial charge in [0.2, 0.25) is 5.95 Å². The van der Waals surface area contributed by atoms with Crippen LogP contribution in [-0.2, 0) is 4.74 Å². The summed E-state index contributed by atoms with van der Waals surface area (Å²) in [4.78, 5) is 26.5. The molecule has 0 bridgehead atoms. The highest BCUT2D eigenvalue weighted by Gasteiger charge is 2.28. The first-order chi connectivity index (χ1) is 15.2. The molecule has 1 aliphatic rings. The molecule has 0 radical (unpaired) electrons. The lowest BCUT2D eigenvalue weighted by atomic mass is 9.98. The SMILES string of the molecule is O=Cc1c(C#CCCNC(=O)OCC2c3ccccc3-c3ccccc32)ccnc1F. The number of amides is 1. The molecule has 0 fully saturated rings. The number of nitrogens with one attached hydrogen (secondary N) is 1. The van der Waals surface area contributed by atoms with Gasteiger partial charge in [-0.1, -0.05) is 60.4 Å². The van der Waals surface area contributed by atoms with Gasteiger partial charge in [0.15, 0.2) is 6.29 Å². The number of nitrogens with zero attached hydrogens (tertiary/aromatic N) is 1. The standard InChI is InChI=1S/C25H19FN2O3/c26-24-22(15-29)17(12-14-27-24)7-5-6-13-28-25(30)31-16-23-20-10-3-1-8-18(20)19-9-2-4-11-21(19)23/h1-4,8-12,14-15,23H,6,13,16H2,(H,28,30). The third-order valence-corrected chi connectivity index (χ3v) is 5.15. The lowest BCUT2D eigenvalue weighted by Gasteiger charge is -2.14. The molecule has 0 unspecified atom stereocenters. The number of hydrogen-bond donors (Lipinski definition) is 1. The zero-order valence-corrected chi connectivity index (χ0v) is 16.6. The van der Waals surface area contributed by atoms with Crippen LogP contribution in [0.25, 0.3) is 11.1 Å². The second kappa shape index (κ2) is 9.23. The maximum atomic E-state index is 13.4. The van der Waals surface area contributed by atoms with Crippen molar-refractivity contribution in [3.05, 3.63) is 89.0 Å². The van der Waals surface area contributed by atoms with Gasteiger partial charge >= 0.3 is 6.09 Å². The second-order valence-corrected chi connectivity index (χ2v) is 6.98. The number of aldehydes is 1. The van der Waals surface area contributed by atoms with Crippen molar-refractivity contribution in [3.8, 4) is 23.0 Å². The zero-order chi connectivity index (χ0) is 21.6. The van der Waals surface area contributed by atoms with Crippen molar-refractivity contribution in [2.45, 2.75) is 12.3 Å². The van der Waals surface area contributed by atoms with Crippen LogP contribution < -0.4 is 5.32 Å². The zero-order valence-electron chi connectivity index (χ0n) is 16.6. The van der Waals surface area contributed by atoms with E-state index in [9.17, 15) is 14.0 Å². The summed E-state index contributed by atoms with van der Waals surface area (Å²) in [6.45, 7) is 0.512. The number of benzene rings is 2. The molecule has 1 aliphatic carbocycles. The van der Waals surface area contributed by atoms with Gasteiger partial charge in [0.25, 0.3) is 0 Å². The minimum absolute atomic E-state index is 0.00119. The average Bonchev–Trinajstić information content (AvgIpc) is 3.11. The van der Waals surface area contributed by atoms with E-state index < -0.39 is 12.0 Å². The first-order valence-corrected chi connectivity index (χ1v) is 9.86. The van der Waals surface area contributed by atoms with E-state index in [1.807, 2.05) is 24.3 Å². The summed E-state index contributed by atoms with van der Waals surface area (Å²) < 4.78 is 18.9. The van der Waals surface area contributed by atoms with Crippen LogP contribution in [0.2, 0.25) is 0 Å². The average molecular weight is 414 g/mol. The largest absolute Gasteiger partial charge is 0.449 e. The normalized spacial score (nSPS) is 11.6. The van der Waals surface area contributed by atoms with Crippen LogP contribution in [0, 0.1) is 17.8 Å². The Morgan fingerprint density at radius 1 is 1.10 bits per heavy atom. The van der Waals surface area contributed by atoms with E-state index in [1.165, 1.54) is 23.4 Å². The molecule has 1 heterocycles. The number of rotatable bonds is 5. The fourth-order valence-electron chi connectivity index (χ4n) is 3.70. The van der Waals surface area contributed by atoms with Gasteiger partial charge in [0.05, 0.1) is 5.56 Å². The quantitative estimate of drug-likeness (QED) is 0.292. The highest BCUT2D eigenvalue weighted by Crippen LogP contribution is 2.44. The molecule has 0 spiro atoms. The van der Waals surface area contributed by atoms with Crippen molar-refractivity contribution < 1.29 is 18.7 Å². The van der Waals surface area contributed by atoms with E-state index >= 15 is 0 Å². The summed E-state index contributed by atoms with van der Waals surface area (Å²) in [5, 5.41) is 2.66. The van der Waals surface area contributed by atoms with Crippen molar-refractivity contribution in [3.63, 3.8) is 0 Å². The monoisotopic (exact) mass is 414 g/mol. The lowest BCUT2D eigenvalue weighted by Crippen LogP contribution is -2.26. The minimum Gasteiger partial charge on any atom is -0.449 e. The molecule has 0 atom stereocenters. The molecule has 31 heavy (non-hydrogen) atoms. The summed E-state index contributed by atoms with van der Waals surface area (Å²) in [6, 6.07) is 17.7. The Kier molecular flexibility index (Phi) is 6.04. The molecular formula is C25H19FN2O3. The first kappa shape index (κ1) is 20.3. The van der Waals surface area contributed by atoms with E-state index in [2.05, 4.69) is 46.4 Å². The number of fused-ring (bicyclic) bond motifs is 3. The maximum absolute atomic E-state index is 13.4. The molecule has 2 aromatic carbocycles. The number of carbonyl (C=O) groups excluding carboxylic acids is 2. The smallest absolute Gasteiger partial charge is 0.407 e. The molecular weight excluding hydrogens is 395 g/mol. The molecule has 0 saturated carbocycles. The van der Waals surface area contributed by atoms with Crippen molar-refractivity contribution in [1.29, 1.82) is 0 Å². The van der Waals surface area contributed by atoms with Gasteiger partial charge < -0.3 is 10.1 Å². The number of alkyl carbamates (subject to hydrolysis) is 1. The third kappa shape index (κ3) is 4.31. The number of hydrogen-bond acceptors (Lipinski definition) is 4. The van der Waals surface area contributed by atoms with Crippen LogP contribution >= 0.6 is 0 Å². The predicted octanol–water partition coefficient (Wildman–Crippen LogP) is 4.31. The summed E-state index contributed by atoms with van der Waals surface area (Å²) in [6.07, 6.45) is 1.45. The molecule has 154 valence electrons. The summed E-state index contributed by atoms with van der Waals surface area (Å²) >= 11 is 0.